The largest absolute Gasteiger partial charge is 0.484 e. The fourth-order valence-electron chi connectivity index (χ4n) is 3.17. The van der Waals surface area contributed by atoms with Gasteiger partial charge in [0.1, 0.15) is 22.4 Å². The minimum absolute atomic E-state index is 0.0162. The van der Waals surface area contributed by atoms with Crippen molar-refractivity contribution < 1.29 is 23.8 Å². The van der Waals surface area contributed by atoms with Crippen LogP contribution in [0.25, 0.3) is 11.0 Å². The summed E-state index contributed by atoms with van der Waals surface area (Å²) in [5.74, 6) is -0.713. The first-order valence-corrected chi connectivity index (χ1v) is 10.2. The molecule has 0 aliphatic rings. The molecule has 0 radical (unpaired) electrons. The van der Waals surface area contributed by atoms with E-state index in [-0.39, 0.29) is 10.6 Å². The lowest BCUT2D eigenvalue weighted by Gasteiger charge is -2.23. The summed E-state index contributed by atoms with van der Waals surface area (Å²) in [7, 11) is 1.59. The molecule has 8 nitrogen and oxygen atoms in total. The Labute approximate surface area is 189 Å². The van der Waals surface area contributed by atoms with E-state index >= 15 is 0 Å². The number of halogens is 1. The topological polar surface area (TPSA) is 109 Å². The van der Waals surface area contributed by atoms with E-state index in [1.54, 1.807) is 26.1 Å². The van der Waals surface area contributed by atoms with E-state index in [9.17, 15) is 19.5 Å². The number of aliphatic hydroxyl groups excluding tert-OH is 1. The summed E-state index contributed by atoms with van der Waals surface area (Å²) in [4.78, 5) is 38.0. The number of aryl methyl sites for hydroxylation is 1. The summed E-state index contributed by atoms with van der Waals surface area (Å²) in [6, 6.07) is 13.0. The zero-order valence-corrected chi connectivity index (χ0v) is 18.4. The maximum atomic E-state index is 12.6. The van der Waals surface area contributed by atoms with Gasteiger partial charge in [-0.2, -0.15) is 0 Å². The van der Waals surface area contributed by atoms with E-state index in [0.717, 1.165) is 5.56 Å². The van der Waals surface area contributed by atoms with Gasteiger partial charge in [-0.05, 0) is 30.2 Å². The Morgan fingerprint density at radius 2 is 1.94 bits per heavy atom. The number of likely N-dealkylation sites (N-methyl/N-ethyl adjacent to an activating group) is 1. The van der Waals surface area contributed by atoms with Crippen molar-refractivity contribution in [2.75, 3.05) is 20.3 Å². The zero-order valence-electron chi connectivity index (χ0n) is 17.6. The van der Waals surface area contributed by atoms with Crippen LogP contribution in [0.3, 0.4) is 0 Å². The second kappa shape index (κ2) is 10.3. The molecule has 2 N–H and O–H groups in total. The normalized spacial score (nSPS) is 11.8. The van der Waals surface area contributed by atoms with Crippen molar-refractivity contribution in [3.8, 4) is 5.75 Å². The molecule has 9 heteroatoms. The molecular weight excluding hydrogens is 436 g/mol. The fraction of sp³-hybridized carbons (Fsp3) is 0.261. The Kier molecular flexibility index (Phi) is 7.50. The van der Waals surface area contributed by atoms with E-state index in [0.29, 0.717) is 23.2 Å². The molecule has 1 atom stereocenters. The molecule has 32 heavy (non-hydrogen) atoms. The summed E-state index contributed by atoms with van der Waals surface area (Å²) < 4.78 is 10.6. The third-order valence-electron chi connectivity index (χ3n) is 4.89. The van der Waals surface area contributed by atoms with Crippen molar-refractivity contribution in [2.24, 2.45) is 0 Å². The van der Waals surface area contributed by atoms with Gasteiger partial charge in [-0.25, -0.2) is 4.79 Å². The number of carbonyl (C=O) groups excluding carboxylic acids is 2. The van der Waals surface area contributed by atoms with E-state index in [1.165, 1.54) is 11.0 Å². The van der Waals surface area contributed by atoms with Gasteiger partial charge in [-0.1, -0.05) is 41.9 Å². The molecule has 2 amide bonds. The average molecular weight is 459 g/mol. The molecule has 0 aliphatic heterocycles. The highest BCUT2D eigenvalue weighted by Crippen LogP contribution is 2.25. The lowest BCUT2D eigenvalue weighted by atomic mass is 10.1. The number of nitrogens with one attached hydrogen (secondary N) is 1. The van der Waals surface area contributed by atoms with Crippen LogP contribution in [0.15, 0.2) is 57.7 Å². The number of fused-ring (bicyclic) bond motifs is 1. The van der Waals surface area contributed by atoms with Crippen molar-refractivity contribution in [3.63, 3.8) is 0 Å². The van der Waals surface area contributed by atoms with Crippen molar-refractivity contribution in [2.45, 2.75) is 19.5 Å². The number of rotatable bonds is 8. The third kappa shape index (κ3) is 5.46. The molecule has 0 aliphatic carbocycles. The Balaban J connectivity index is 1.59. The number of hydrogen-bond donors (Lipinski definition) is 2. The quantitative estimate of drug-likeness (QED) is 0.501. The fourth-order valence-corrected chi connectivity index (χ4v) is 3.31. The third-order valence-corrected chi connectivity index (χ3v) is 5.33. The van der Waals surface area contributed by atoms with Crippen LogP contribution in [0, 0.1) is 6.92 Å². The molecule has 168 valence electrons. The molecule has 2 aromatic carbocycles. The number of carbonyl (C=O) groups is 2. The van der Waals surface area contributed by atoms with Gasteiger partial charge in [0.2, 0.25) is 5.91 Å². The Bertz CT molecular complexity index is 1180. The summed E-state index contributed by atoms with van der Waals surface area (Å²) >= 11 is 5.91. The van der Waals surface area contributed by atoms with Crippen LogP contribution < -0.4 is 15.7 Å². The highest BCUT2D eigenvalue weighted by atomic mass is 35.5. The first kappa shape index (κ1) is 23.3. The molecule has 1 aromatic heterocycles. The van der Waals surface area contributed by atoms with Crippen molar-refractivity contribution in [3.05, 3.63) is 75.1 Å². The van der Waals surface area contributed by atoms with Gasteiger partial charge in [0.15, 0.2) is 6.61 Å². The van der Waals surface area contributed by atoms with E-state index < -0.39 is 36.7 Å². The van der Waals surface area contributed by atoms with Crippen LogP contribution in [0.2, 0.25) is 5.02 Å². The predicted octanol–water partition coefficient (Wildman–Crippen LogP) is 2.27. The maximum absolute atomic E-state index is 12.6. The molecule has 3 aromatic rings. The van der Waals surface area contributed by atoms with Crippen LogP contribution >= 0.6 is 11.6 Å². The van der Waals surface area contributed by atoms with Crippen molar-refractivity contribution in [1.29, 1.82) is 0 Å². The number of aliphatic hydroxyl groups is 1. The van der Waals surface area contributed by atoms with Gasteiger partial charge in [-0.15, -0.1) is 0 Å². The smallest absolute Gasteiger partial charge is 0.355 e. The molecule has 0 saturated carbocycles. The zero-order chi connectivity index (χ0) is 23.3. The van der Waals surface area contributed by atoms with E-state index in [1.807, 2.05) is 30.3 Å². The summed E-state index contributed by atoms with van der Waals surface area (Å²) in [5.41, 5.74) is 1.14. The lowest BCUT2D eigenvalue weighted by Crippen LogP contribution is -2.50. The summed E-state index contributed by atoms with van der Waals surface area (Å²) in [5, 5.41) is 12.7. The molecule has 0 saturated heterocycles. The highest BCUT2D eigenvalue weighted by molar-refractivity contribution is 6.31. The average Bonchev–Trinajstić information content (AvgIpc) is 2.79. The second-order valence-corrected chi connectivity index (χ2v) is 7.64. The second-order valence-electron chi connectivity index (χ2n) is 7.26. The van der Waals surface area contributed by atoms with Crippen molar-refractivity contribution >= 4 is 34.4 Å². The standard InChI is InChI=1S/C23H23ClN2O6/c1-14-17-9-8-16(10-19(17)32-23(30)21(14)24)31-13-20(28)25-18(12-27)22(29)26(2)11-15-6-4-3-5-7-15/h3-10,18,27H,11-13H2,1-2H3,(H,25,28). The number of amides is 2. The number of hydrogen-bond acceptors (Lipinski definition) is 6. The summed E-state index contributed by atoms with van der Waals surface area (Å²) in [6.45, 7) is 1.10. The van der Waals surface area contributed by atoms with Crippen LogP contribution in [0.4, 0.5) is 0 Å². The van der Waals surface area contributed by atoms with Crippen LogP contribution in [0.5, 0.6) is 5.75 Å². The SMILES string of the molecule is Cc1c(Cl)c(=O)oc2cc(OCC(=O)NC(CO)C(=O)N(C)Cc3ccccc3)ccc12. The predicted molar refractivity (Wildman–Crippen MR) is 120 cm³/mol. The monoisotopic (exact) mass is 458 g/mol. The van der Waals surface area contributed by atoms with Gasteiger partial charge in [0, 0.05) is 25.0 Å². The first-order valence-electron chi connectivity index (χ1n) is 9.85. The molecule has 0 fully saturated rings. The number of ether oxygens (including phenoxy) is 1. The van der Waals surface area contributed by atoms with E-state index in [2.05, 4.69) is 5.32 Å². The molecule has 0 spiro atoms. The minimum atomic E-state index is -1.10. The molecule has 1 heterocycles. The first-order chi connectivity index (χ1) is 15.3. The molecule has 1 unspecified atom stereocenters. The van der Waals surface area contributed by atoms with Crippen LogP contribution in [-0.4, -0.2) is 48.1 Å². The van der Waals surface area contributed by atoms with Gasteiger partial charge < -0.3 is 24.5 Å². The number of benzene rings is 2. The molecule has 0 bridgehead atoms. The Morgan fingerprint density at radius 3 is 2.62 bits per heavy atom. The van der Waals surface area contributed by atoms with Gasteiger partial charge in [0.05, 0.1) is 6.61 Å². The molecular formula is C23H23ClN2O6. The van der Waals surface area contributed by atoms with Gasteiger partial charge >= 0.3 is 5.63 Å². The number of nitrogens with zero attached hydrogens (tertiary/aromatic N) is 1. The van der Waals surface area contributed by atoms with Crippen molar-refractivity contribution in [1.82, 2.24) is 10.2 Å². The highest BCUT2D eigenvalue weighted by Gasteiger charge is 2.23. The van der Waals surface area contributed by atoms with Gasteiger partial charge in [-0.3, -0.25) is 9.59 Å². The van der Waals surface area contributed by atoms with Crippen LogP contribution in [0.1, 0.15) is 11.1 Å². The summed E-state index contributed by atoms with van der Waals surface area (Å²) in [6.07, 6.45) is 0. The molecule has 3 rings (SSSR count). The lowest BCUT2D eigenvalue weighted by molar-refractivity contribution is -0.137. The maximum Gasteiger partial charge on any atom is 0.355 e. The van der Waals surface area contributed by atoms with Gasteiger partial charge in [0.25, 0.3) is 5.91 Å². The van der Waals surface area contributed by atoms with Crippen LogP contribution in [-0.2, 0) is 16.1 Å². The minimum Gasteiger partial charge on any atom is -0.484 e. The Hall–Kier alpha value is -3.36. The Morgan fingerprint density at radius 1 is 1.22 bits per heavy atom. The van der Waals surface area contributed by atoms with E-state index in [4.69, 9.17) is 20.8 Å².